The van der Waals surface area contributed by atoms with Gasteiger partial charge in [0.25, 0.3) is 5.56 Å². The van der Waals surface area contributed by atoms with Crippen LogP contribution in [0.2, 0.25) is 0 Å². The van der Waals surface area contributed by atoms with Crippen LogP contribution in [0.15, 0.2) is 52.8 Å². The van der Waals surface area contributed by atoms with E-state index in [-0.39, 0.29) is 12.2 Å². The zero-order valence-corrected chi connectivity index (χ0v) is 11.2. The largest absolute Gasteiger partial charge is 0.456 e. The van der Waals surface area contributed by atoms with E-state index >= 15 is 0 Å². The molecule has 0 saturated heterocycles. The summed E-state index contributed by atoms with van der Waals surface area (Å²) < 4.78 is 6.60. The molecule has 6 heteroatoms. The number of fused-ring (bicyclic) bond motifs is 1. The highest BCUT2D eigenvalue weighted by Gasteiger charge is 2.08. The molecule has 2 aromatic heterocycles. The van der Waals surface area contributed by atoms with Crippen LogP contribution in [0.5, 0.6) is 0 Å². The summed E-state index contributed by atoms with van der Waals surface area (Å²) in [5.74, 6) is -0.432. The molecule has 0 bridgehead atoms. The van der Waals surface area contributed by atoms with Gasteiger partial charge in [0, 0.05) is 17.6 Å². The van der Waals surface area contributed by atoms with Crippen molar-refractivity contribution in [1.82, 2.24) is 9.38 Å². The molecule has 0 N–H and O–H groups in total. The van der Waals surface area contributed by atoms with Crippen molar-refractivity contribution >= 4 is 22.3 Å². The standard InChI is InChI=1S/C14H10N2O3S/c17-12-8-11(15-14-16(12)6-7-20-14)9-19-13(18)10-4-2-1-3-5-10/h1-8H,9H2. The maximum atomic E-state index is 11.8. The van der Waals surface area contributed by atoms with E-state index in [1.165, 1.54) is 21.8 Å². The quantitative estimate of drug-likeness (QED) is 0.692. The third-order valence-corrected chi connectivity index (χ3v) is 3.47. The molecular weight excluding hydrogens is 276 g/mol. The van der Waals surface area contributed by atoms with Gasteiger partial charge in [-0.1, -0.05) is 18.2 Å². The second-order valence-electron chi connectivity index (χ2n) is 4.08. The van der Waals surface area contributed by atoms with Crippen LogP contribution in [-0.4, -0.2) is 15.4 Å². The Labute approximate surface area is 118 Å². The topological polar surface area (TPSA) is 60.7 Å². The second kappa shape index (κ2) is 5.26. The van der Waals surface area contributed by atoms with Crippen LogP contribution in [0.3, 0.4) is 0 Å². The highest BCUT2D eigenvalue weighted by molar-refractivity contribution is 7.15. The fourth-order valence-electron chi connectivity index (χ4n) is 1.76. The zero-order valence-electron chi connectivity index (χ0n) is 10.4. The van der Waals surface area contributed by atoms with Crippen molar-refractivity contribution in [3.63, 3.8) is 0 Å². The van der Waals surface area contributed by atoms with Crippen LogP contribution in [0.1, 0.15) is 16.1 Å². The number of nitrogens with zero attached hydrogens (tertiary/aromatic N) is 2. The molecule has 1 aromatic carbocycles. The fourth-order valence-corrected chi connectivity index (χ4v) is 2.50. The SMILES string of the molecule is O=C(OCc1cc(=O)n2ccsc2n1)c1ccccc1. The predicted molar refractivity (Wildman–Crippen MR) is 74.9 cm³/mol. The van der Waals surface area contributed by atoms with E-state index in [0.717, 1.165) is 0 Å². The van der Waals surface area contributed by atoms with Crippen molar-refractivity contribution in [3.05, 3.63) is 69.6 Å². The smallest absolute Gasteiger partial charge is 0.338 e. The number of carbonyl (C=O) groups excluding carboxylic acids is 1. The summed E-state index contributed by atoms with van der Waals surface area (Å²) in [5.41, 5.74) is 0.741. The molecule has 0 radical (unpaired) electrons. The summed E-state index contributed by atoms with van der Waals surface area (Å²) in [6.07, 6.45) is 1.66. The molecule has 0 fully saturated rings. The number of aromatic nitrogens is 2. The van der Waals surface area contributed by atoms with Crippen molar-refractivity contribution in [2.24, 2.45) is 0 Å². The number of hydrogen-bond acceptors (Lipinski definition) is 5. The number of benzene rings is 1. The molecule has 0 aliphatic carbocycles. The predicted octanol–water partition coefficient (Wildman–Crippen LogP) is 2.11. The van der Waals surface area contributed by atoms with E-state index in [9.17, 15) is 9.59 Å². The van der Waals surface area contributed by atoms with Crippen molar-refractivity contribution < 1.29 is 9.53 Å². The summed E-state index contributed by atoms with van der Waals surface area (Å²) in [6, 6.07) is 10.1. The lowest BCUT2D eigenvalue weighted by Crippen LogP contribution is -2.14. The molecule has 3 aromatic rings. The Balaban J connectivity index is 1.77. The Morgan fingerprint density at radius 1 is 1.30 bits per heavy atom. The van der Waals surface area contributed by atoms with E-state index in [1.807, 2.05) is 6.07 Å². The van der Waals surface area contributed by atoms with E-state index in [2.05, 4.69) is 4.98 Å². The van der Waals surface area contributed by atoms with Gasteiger partial charge in [0.2, 0.25) is 0 Å². The molecule has 0 aliphatic heterocycles. The molecule has 5 nitrogen and oxygen atoms in total. The Bertz CT molecular complexity index is 808. The van der Waals surface area contributed by atoms with E-state index < -0.39 is 5.97 Å². The first-order valence-electron chi connectivity index (χ1n) is 5.92. The number of ether oxygens (including phenoxy) is 1. The molecule has 0 atom stereocenters. The molecule has 0 amide bonds. The number of rotatable bonds is 3. The Kier molecular flexibility index (Phi) is 3.30. The minimum atomic E-state index is -0.432. The van der Waals surface area contributed by atoms with Crippen LogP contribution in [0.4, 0.5) is 0 Å². The monoisotopic (exact) mass is 286 g/mol. The molecule has 0 aliphatic rings. The fraction of sp³-hybridized carbons (Fsp3) is 0.0714. The Morgan fingerprint density at radius 3 is 2.90 bits per heavy atom. The van der Waals surface area contributed by atoms with Crippen molar-refractivity contribution in [1.29, 1.82) is 0 Å². The number of esters is 1. The van der Waals surface area contributed by atoms with Crippen molar-refractivity contribution in [2.75, 3.05) is 0 Å². The average Bonchev–Trinajstić information content (AvgIpc) is 2.94. The summed E-state index contributed by atoms with van der Waals surface area (Å²) in [7, 11) is 0. The lowest BCUT2D eigenvalue weighted by atomic mass is 10.2. The maximum Gasteiger partial charge on any atom is 0.338 e. The number of thiazole rings is 1. The van der Waals surface area contributed by atoms with Gasteiger partial charge in [-0.15, -0.1) is 11.3 Å². The Morgan fingerprint density at radius 2 is 2.10 bits per heavy atom. The van der Waals surface area contributed by atoms with E-state index in [1.54, 1.807) is 35.8 Å². The molecule has 100 valence electrons. The first-order chi connectivity index (χ1) is 9.74. The summed E-state index contributed by atoms with van der Waals surface area (Å²) >= 11 is 1.36. The van der Waals surface area contributed by atoms with Gasteiger partial charge in [-0.2, -0.15) is 0 Å². The third kappa shape index (κ3) is 2.46. The third-order valence-electron chi connectivity index (χ3n) is 2.72. The molecule has 3 rings (SSSR count). The van der Waals surface area contributed by atoms with Gasteiger partial charge < -0.3 is 4.74 Å². The van der Waals surface area contributed by atoms with Gasteiger partial charge in [-0.3, -0.25) is 9.20 Å². The summed E-state index contributed by atoms with van der Waals surface area (Å²) in [6.45, 7) is -0.0165. The highest BCUT2D eigenvalue weighted by atomic mass is 32.1. The van der Waals surface area contributed by atoms with Gasteiger partial charge >= 0.3 is 5.97 Å². The van der Waals surface area contributed by atoms with Crippen LogP contribution < -0.4 is 5.56 Å². The van der Waals surface area contributed by atoms with Crippen LogP contribution in [-0.2, 0) is 11.3 Å². The first-order valence-corrected chi connectivity index (χ1v) is 6.80. The molecule has 2 heterocycles. The van der Waals surface area contributed by atoms with Crippen LogP contribution in [0.25, 0.3) is 4.96 Å². The van der Waals surface area contributed by atoms with E-state index in [4.69, 9.17) is 4.74 Å². The molecule has 0 unspecified atom stereocenters. The van der Waals surface area contributed by atoms with Gasteiger partial charge in [0.15, 0.2) is 4.96 Å². The van der Waals surface area contributed by atoms with E-state index in [0.29, 0.717) is 16.2 Å². The van der Waals surface area contributed by atoms with Gasteiger partial charge in [0.1, 0.15) is 6.61 Å². The molecule has 20 heavy (non-hydrogen) atoms. The molecular formula is C14H10N2O3S. The minimum Gasteiger partial charge on any atom is -0.456 e. The molecule has 0 saturated carbocycles. The average molecular weight is 286 g/mol. The first kappa shape index (κ1) is 12.6. The summed E-state index contributed by atoms with van der Waals surface area (Å²) in [5, 5.41) is 1.78. The van der Waals surface area contributed by atoms with Crippen LogP contribution >= 0.6 is 11.3 Å². The molecule has 0 spiro atoms. The zero-order chi connectivity index (χ0) is 13.9. The van der Waals surface area contributed by atoms with Gasteiger partial charge in [-0.05, 0) is 12.1 Å². The maximum absolute atomic E-state index is 11.8. The highest BCUT2D eigenvalue weighted by Crippen LogP contribution is 2.08. The lowest BCUT2D eigenvalue weighted by molar-refractivity contribution is 0.0468. The van der Waals surface area contributed by atoms with Gasteiger partial charge in [-0.25, -0.2) is 9.78 Å². The minimum absolute atomic E-state index is 0.0165. The summed E-state index contributed by atoms with van der Waals surface area (Å²) in [4.78, 5) is 28.4. The normalized spacial score (nSPS) is 10.6. The Hall–Kier alpha value is -2.47. The number of hydrogen-bond donors (Lipinski definition) is 0. The van der Waals surface area contributed by atoms with Crippen molar-refractivity contribution in [2.45, 2.75) is 6.61 Å². The van der Waals surface area contributed by atoms with Crippen molar-refractivity contribution in [3.8, 4) is 0 Å². The second-order valence-corrected chi connectivity index (χ2v) is 4.96. The van der Waals surface area contributed by atoms with Gasteiger partial charge in [0.05, 0.1) is 11.3 Å². The number of carbonyl (C=O) groups is 1. The van der Waals surface area contributed by atoms with Crippen LogP contribution in [0, 0.1) is 0 Å². The lowest BCUT2D eigenvalue weighted by Gasteiger charge is -2.04.